The second-order valence-corrected chi connectivity index (χ2v) is 6.89. The summed E-state index contributed by atoms with van der Waals surface area (Å²) >= 11 is 6.55. The van der Waals surface area contributed by atoms with E-state index in [0.29, 0.717) is 16.3 Å². The number of rotatable bonds is 4. The molecule has 0 fully saturated rings. The molecule has 3 aromatic carbocycles. The predicted molar refractivity (Wildman–Crippen MR) is 115 cm³/mol. The number of nitrogens with one attached hydrogen (secondary N) is 1. The number of benzene rings is 3. The Morgan fingerprint density at radius 1 is 1.00 bits per heavy atom. The van der Waals surface area contributed by atoms with Crippen LogP contribution in [0.25, 0.3) is 10.8 Å². The van der Waals surface area contributed by atoms with E-state index in [1.165, 1.54) is 0 Å². The Kier molecular flexibility index (Phi) is 4.96. The van der Waals surface area contributed by atoms with Crippen LogP contribution >= 0.6 is 11.6 Å². The maximum Gasteiger partial charge on any atom is 0.118 e. The number of halogens is 1. The van der Waals surface area contributed by atoms with Crippen LogP contribution in [0.3, 0.4) is 0 Å². The number of anilines is 2. The molecule has 0 aliphatic heterocycles. The minimum Gasteiger partial charge on any atom is -0.410 e. The van der Waals surface area contributed by atoms with E-state index in [4.69, 9.17) is 11.6 Å². The zero-order valence-corrected chi connectivity index (χ0v) is 16.0. The Balaban J connectivity index is 1.69. The van der Waals surface area contributed by atoms with Gasteiger partial charge in [-0.2, -0.15) is 0 Å². The van der Waals surface area contributed by atoms with Crippen molar-refractivity contribution in [2.45, 2.75) is 6.92 Å². The first-order valence-corrected chi connectivity index (χ1v) is 9.23. The third-order valence-corrected chi connectivity index (χ3v) is 5.00. The van der Waals surface area contributed by atoms with Gasteiger partial charge < -0.3 is 10.5 Å². The number of hydrogen-bond acceptors (Lipinski definition) is 4. The Morgan fingerprint density at radius 3 is 2.64 bits per heavy atom. The van der Waals surface area contributed by atoms with Crippen LogP contribution in [-0.2, 0) is 0 Å². The largest absolute Gasteiger partial charge is 0.410 e. The van der Waals surface area contributed by atoms with E-state index in [2.05, 4.69) is 15.5 Å². The molecule has 0 atom stereocenters. The molecule has 0 bridgehead atoms. The minimum absolute atomic E-state index is 0.450. The molecule has 5 heteroatoms. The van der Waals surface area contributed by atoms with Gasteiger partial charge in [0.05, 0.1) is 5.02 Å². The molecule has 2 N–H and O–H groups in total. The highest BCUT2D eigenvalue weighted by Gasteiger charge is 2.14. The van der Waals surface area contributed by atoms with Crippen LogP contribution in [0.15, 0.2) is 84.3 Å². The number of oxime groups is 1. The second-order valence-electron chi connectivity index (χ2n) is 6.49. The third-order valence-electron chi connectivity index (χ3n) is 4.68. The van der Waals surface area contributed by atoms with Crippen molar-refractivity contribution in [2.24, 2.45) is 5.16 Å². The second kappa shape index (κ2) is 7.71. The summed E-state index contributed by atoms with van der Waals surface area (Å²) in [7, 11) is 0. The number of pyridine rings is 1. The molecule has 0 radical (unpaired) electrons. The summed E-state index contributed by atoms with van der Waals surface area (Å²) in [4.78, 5) is 4.17. The maximum atomic E-state index is 9.61. The van der Waals surface area contributed by atoms with Crippen LogP contribution in [0.4, 0.5) is 11.4 Å². The van der Waals surface area contributed by atoms with E-state index in [9.17, 15) is 5.21 Å². The first-order valence-electron chi connectivity index (χ1n) is 8.85. The fourth-order valence-electron chi connectivity index (χ4n) is 3.26. The smallest absolute Gasteiger partial charge is 0.118 e. The van der Waals surface area contributed by atoms with E-state index in [1.807, 2.05) is 79.9 Å². The van der Waals surface area contributed by atoms with Crippen molar-refractivity contribution in [1.82, 2.24) is 4.98 Å². The summed E-state index contributed by atoms with van der Waals surface area (Å²) in [5.41, 5.74) is 4.79. The zero-order valence-electron chi connectivity index (χ0n) is 15.2. The molecule has 1 heterocycles. The van der Waals surface area contributed by atoms with Gasteiger partial charge in [-0.05, 0) is 42.8 Å². The molecule has 0 unspecified atom stereocenters. The Labute approximate surface area is 168 Å². The summed E-state index contributed by atoms with van der Waals surface area (Å²) in [5, 5.41) is 19.2. The molecule has 4 aromatic rings. The van der Waals surface area contributed by atoms with E-state index < -0.39 is 0 Å². The molecule has 0 saturated heterocycles. The van der Waals surface area contributed by atoms with Gasteiger partial charge in [-0.1, -0.05) is 53.2 Å². The van der Waals surface area contributed by atoms with Crippen molar-refractivity contribution < 1.29 is 5.21 Å². The summed E-state index contributed by atoms with van der Waals surface area (Å²) in [5.74, 6) is 0. The summed E-state index contributed by atoms with van der Waals surface area (Å²) in [6.45, 7) is 1.97. The molecule has 28 heavy (non-hydrogen) atoms. The highest BCUT2D eigenvalue weighted by molar-refractivity contribution is 6.35. The van der Waals surface area contributed by atoms with Crippen molar-refractivity contribution in [1.29, 1.82) is 0 Å². The van der Waals surface area contributed by atoms with Crippen LogP contribution in [0.1, 0.15) is 16.7 Å². The molecule has 0 aliphatic rings. The molecule has 0 saturated carbocycles. The number of fused-ring (bicyclic) bond motifs is 1. The highest BCUT2D eigenvalue weighted by atomic mass is 35.5. The van der Waals surface area contributed by atoms with Gasteiger partial charge in [-0.3, -0.25) is 4.98 Å². The summed E-state index contributed by atoms with van der Waals surface area (Å²) in [6.07, 6.45) is 3.61. The molecule has 0 amide bonds. The average Bonchev–Trinajstić information content (AvgIpc) is 2.71. The number of nitrogens with zero attached hydrogens (tertiary/aromatic N) is 2. The quantitative estimate of drug-likeness (QED) is 0.250. The van der Waals surface area contributed by atoms with Gasteiger partial charge >= 0.3 is 0 Å². The van der Waals surface area contributed by atoms with E-state index in [1.54, 1.807) is 6.20 Å². The van der Waals surface area contributed by atoms with Crippen LogP contribution in [0.5, 0.6) is 0 Å². The van der Waals surface area contributed by atoms with E-state index in [0.717, 1.165) is 33.3 Å². The molecule has 1 aromatic heterocycles. The van der Waals surface area contributed by atoms with E-state index in [-0.39, 0.29) is 0 Å². The normalized spacial score (nSPS) is 11.6. The van der Waals surface area contributed by atoms with Crippen LogP contribution in [0, 0.1) is 6.92 Å². The average molecular weight is 388 g/mol. The molecular formula is C23H18ClN3O. The lowest BCUT2D eigenvalue weighted by Crippen LogP contribution is -2.06. The monoisotopic (exact) mass is 387 g/mol. The zero-order chi connectivity index (χ0) is 19.5. The van der Waals surface area contributed by atoms with E-state index >= 15 is 0 Å². The van der Waals surface area contributed by atoms with Crippen molar-refractivity contribution >= 4 is 39.5 Å². The molecule has 4 nitrogen and oxygen atoms in total. The Hall–Kier alpha value is -3.37. The molecule has 0 spiro atoms. The first-order chi connectivity index (χ1) is 13.7. The first kappa shape index (κ1) is 18.0. The van der Waals surface area contributed by atoms with Crippen LogP contribution in [0.2, 0.25) is 5.02 Å². The summed E-state index contributed by atoms with van der Waals surface area (Å²) < 4.78 is 0. The van der Waals surface area contributed by atoms with Crippen LogP contribution < -0.4 is 5.32 Å². The van der Waals surface area contributed by atoms with Gasteiger partial charge in [-0.15, -0.1) is 0 Å². The lowest BCUT2D eigenvalue weighted by atomic mass is 9.98. The fourth-order valence-corrected chi connectivity index (χ4v) is 3.53. The third kappa shape index (κ3) is 3.42. The van der Waals surface area contributed by atoms with Crippen molar-refractivity contribution in [2.75, 3.05) is 5.32 Å². The molecular weight excluding hydrogens is 370 g/mol. The standard InChI is InChI=1S/C23H18ClN3O/c1-15-5-2-3-7-18(15)23(27-28)20-10-9-17(13-21(20)24)26-22-8-4-6-16-14-25-12-11-19(16)22/h2-14,26,28H,1H3. The molecule has 138 valence electrons. The van der Waals surface area contributed by atoms with Crippen LogP contribution in [-0.4, -0.2) is 15.9 Å². The maximum absolute atomic E-state index is 9.61. The molecule has 0 aliphatic carbocycles. The van der Waals surface area contributed by atoms with Gasteiger partial charge in [0, 0.05) is 45.7 Å². The van der Waals surface area contributed by atoms with Crippen molar-refractivity contribution in [3.05, 3.63) is 101 Å². The SMILES string of the molecule is Cc1ccccc1C(=NO)c1ccc(Nc2cccc3cnccc23)cc1Cl. The lowest BCUT2D eigenvalue weighted by Gasteiger charge is -2.13. The van der Waals surface area contributed by atoms with Gasteiger partial charge in [0.2, 0.25) is 0 Å². The van der Waals surface area contributed by atoms with Crippen molar-refractivity contribution in [3.8, 4) is 0 Å². The lowest BCUT2D eigenvalue weighted by molar-refractivity contribution is 0.319. The predicted octanol–water partition coefficient (Wildman–Crippen LogP) is 6.17. The van der Waals surface area contributed by atoms with Gasteiger partial charge in [0.25, 0.3) is 0 Å². The highest BCUT2D eigenvalue weighted by Crippen LogP contribution is 2.29. The Morgan fingerprint density at radius 2 is 1.86 bits per heavy atom. The minimum atomic E-state index is 0.450. The number of hydrogen-bond donors (Lipinski definition) is 2. The molecule has 4 rings (SSSR count). The van der Waals surface area contributed by atoms with Gasteiger partial charge in [0.15, 0.2) is 0 Å². The number of aromatic nitrogens is 1. The summed E-state index contributed by atoms with van der Waals surface area (Å²) in [6, 6.07) is 21.3. The van der Waals surface area contributed by atoms with Gasteiger partial charge in [0.1, 0.15) is 5.71 Å². The number of aryl methyl sites for hydroxylation is 1. The topological polar surface area (TPSA) is 57.5 Å². The fraction of sp³-hybridized carbons (Fsp3) is 0.0435. The Bertz CT molecular complexity index is 1180. The van der Waals surface area contributed by atoms with Gasteiger partial charge in [-0.25, -0.2) is 0 Å². The van der Waals surface area contributed by atoms with Crippen molar-refractivity contribution in [3.63, 3.8) is 0 Å².